The standard InChI is InChI=1S/C21H29NO5/c1-20(2)11-14-10-15(22(20)27-14)16-17(23-12-13-8-6-5-7-9-13)18-19(24-16)26-21(3,4)25-18/h5-9,14-19H,10-12H2,1-4H3/t14-,15-,16-,17+,18-,19-/m1/s1. The van der Waals surface area contributed by atoms with Crippen LogP contribution in [0.3, 0.4) is 0 Å². The van der Waals surface area contributed by atoms with Crippen molar-refractivity contribution in [1.82, 2.24) is 5.06 Å². The lowest BCUT2D eigenvalue weighted by Crippen LogP contribution is -2.54. The number of benzene rings is 1. The third-order valence-electron chi connectivity index (χ3n) is 6.08. The van der Waals surface area contributed by atoms with Crippen LogP contribution < -0.4 is 0 Å². The van der Waals surface area contributed by atoms with Crippen LogP contribution in [0.1, 0.15) is 46.1 Å². The lowest BCUT2D eigenvalue weighted by Gasteiger charge is -2.39. The van der Waals surface area contributed by atoms with Gasteiger partial charge in [0.25, 0.3) is 0 Å². The van der Waals surface area contributed by atoms with Gasteiger partial charge in [0, 0.05) is 5.54 Å². The molecule has 0 aromatic heterocycles. The first-order valence-corrected chi connectivity index (χ1v) is 9.95. The van der Waals surface area contributed by atoms with Gasteiger partial charge in [0.2, 0.25) is 0 Å². The lowest BCUT2D eigenvalue weighted by molar-refractivity contribution is -0.243. The van der Waals surface area contributed by atoms with E-state index in [0.717, 1.165) is 18.4 Å². The summed E-state index contributed by atoms with van der Waals surface area (Å²) in [7, 11) is 0. The molecule has 2 bridgehead atoms. The summed E-state index contributed by atoms with van der Waals surface area (Å²) >= 11 is 0. The highest BCUT2D eigenvalue weighted by molar-refractivity contribution is 5.14. The molecule has 1 unspecified atom stereocenters. The molecule has 0 spiro atoms. The van der Waals surface area contributed by atoms with Crippen molar-refractivity contribution < 1.29 is 23.8 Å². The summed E-state index contributed by atoms with van der Waals surface area (Å²) in [6, 6.07) is 10.4. The van der Waals surface area contributed by atoms with Gasteiger partial charge >= 0.3 is 0 Å². The molecule has 27 heavy (non-hydrogen) atoms. The van der Waals surface area contributed by atoms with Crippen molar-refractivity contribution in [2.45, 2.75) is 95.2 Å². The van der Waals surface area contributed by atoms with Gasteiger partial charge in [0.1, 0.15) is 18.3 Å². The molecule has 4 aliphatic rings. The lowest BCUT2D eigenvalue weighted by atomic mass is 9.85. The molecule has 4 heterocycles. The minimum absolute atomic E-state index is 0.0135. The fourth-order valence-electron chi connectivity index (χ4n) is 5.04. The number of hydroxylamine groups is 2. The van der Waals surface area contributed by atoms with Crippen LogP contribution in [-0.2, 0) is 30.4 Å². The average molecular weight is 375 g/mol. The molecule has 4 fully saturated rings. The molecule has 0 amide bonds. The Balaban J connectivity index is 1.37. The van der Waals surface area contributed by atoms with Crippen LogP contribution in [0.4, 0.5) is 0 Å². The molecular weight excluding hydrogens is 346 g/mol. The number of hydrogen-bond acceptors (Lipinski definition) is 6. The second-order valence-electron chi connectivity index (χ2n) is 9.20. The van der Waals surface area contributed by atoms with Crippen molar-refractivity contribution in [3.8, 4) is 0 Å². The van der Waals surface area contributed by atoms with Gasteiger partial charge in [-0.1, -0.05) is 30.3 Å². The molecule has 4 aliphatic heterocycles. The van der Waals surface area contributed by atoms with Crippen molar-refractivity contribution in [2.75, 3.05) is 0 Å². The van der Waals surface area contributed by atoms with E-state index in [1.54, 1.807) is 0 Å². The maximum Gasteiger partial charge on any atom is 0.190 e. The van der Waals surface area contributed by atoms with Gasteiger partial charge in [-0.25, -0.2) is 0 Å². The number of rotatable bonds is 4. The molecule has 5 rings (SSSR count). The zero-order valence-electron chi connectivity index (χ0n) is 16.5. The molecule has 0 radical (unpaired) electrons. The molecule has 6 heteroatoms. The van der Waals surface area contributed by atoms with Crippen molar-refractivity contribution in [1.29, 1.82) is 0 Å². The monoisotopic (exact) mass is 375 g/mol. The fourth-order valence-corrected chi connectivity index (χ4v) is 5.04. The minimum atomic E-state index is -0.653. The Hall–Kier alpha value is -1.02. The van der Waals surface area contributed by atoms with Crippen LogP contribution in [0.15, 0.2) is 30.3 Å². The summed E-state index contributed by atoms with van der Waals surface area (Å²) in [6.07, 6.45) is 1.33. The molecule has 7 atom stereocenters. The number of fused-ring (bicyclic) bond motifs is 3. The first kappa shape index (κ1) is 18.0. The number of ether oxygens (including phenoxy) is 4. The van der Waals surface area contributed by atoms with Crippen LogP contribution in [0.5, 0.6) is 0 Å². The second kappa shape index (κ2) is 6.24. The molecule has 148 valence electrons. The van der Waals surface area contributed by atoms with E-state index in [1.807, 2.05) is 32.0 Å². The minimum Gasteiger partial charge on any atom is -0.368 e. The molecule has 1 aromatic carbocycles. The SMILES string of the molecule is CC1(C)O[C@H]2O[C@H]([C@H]3C[C@@H]4CC(C)(C)N3O4)[C@H](OCc3ccccc3)[C@H]2O1. The van der Waals surface area contributed by atoms with E-state index in [0.29, 0.717) is 6.61 Å². The third kappa shape index (κ3) is 3.12. The molecule has 1 aromatic rings. The van der Waals surface area contributed by atoms with E-state index in [2.05, 4.69) is 31.0 Å². The van der Waals surface area contributed by atoms with Crippen molar-refractivity contribution in [3.05, 3.63) is 35.9 Å². The Labute approximate surface area is 160 Å². The average Bonchev–Trinajstić information content (AvgIpc) is 3.30. The van der Waals surface area contributed by atoms with Gasteiger partial charge in [-0.15, -0.1) is 0 Å². The number of hydrogen-bond donors (Lipinski definition) is 0. The van der Waals surface area contributed by atoms with Gasteiger partial charge in [-0.05, 0) is 46.1 Å². The summed E-state index contributed by atoms with van der Waals surface area (Å²) in [5.41, 5.74) is 1.15. The summed E-state index contributed by atoms with van der Waals surface area (Å²) < 4.78 is 24.9. The van der Waals surface area contributed by atoms with Crippen LogP contribution in [0, 0.1) is 0 Å². The summed E-state index contributed by atoms with van der Waals surface area (Å²) in [5, 5.41) is 2.13. The zero-order valence-corrected chi connectivity index (χ0v) is 16.5. The van der Waals surface area contributed by atoms with Crippen molar-refractivity contribution in [3.63, 3.8) is 0 Å². The van der Waals surface area contributed by atoms with E-state index >= 15 is 0 Å². The molecule has 0 N–H and O–H groups in total. The van der Waals surface area contributed by atoms with E-state index in [-0.39, 0.29) is 36.0 Å². The molecule has 0 saturated carbocycles. The van der Waals surface area contributed by atoms with Gasteiger partial charge < -0.3 is 18.9 Å². The maximum atomic E-state index is 6.38. The normalized spacial score (nSPS) is 43.9. The van der Waals surface area contributed by atoms with Crippen molar-refractivity contribution >= 4 is 0 Å². The predicted molar refractivity (Wildman–Crippen MR) is 97.5 cm³/mol. The smallest absolute Gasteiger partial charge is 0.190 e. The first-order chi connectivity index (χ1) is 12.8. The highest BCUT2D eigenvalue weighted by Crippen LogP contribution is 2.48. The van der Waals surface area contributed by atoms with Crippen LogP contribution >= 0.6 is 0 Å². The van der Waals surface area contributed by atoms with E-state index in [4.69, 9.17) is 23.8 Å². The topological polar surface area (TPSA) is 49.4 Å². The van der Waals surface area contributed by atoms with Gasteiger partial charge in [-0.3, -0.25) is 4.84 Å². The first-order valence-electron chi connectivity index (χ1n) is 9.95. The third-order valence-corrected chi connectivity index (χ3v) is 6.08. The molecule has 4 saturated heterocycles. The summed E-state index contributed by atoms with van der Waals surface area (Å²) in [4.78, 5) is 6.10. The summed E-state index contributed by atoms with van der Waals surface area (Å²) in [5.74, 6) is -0.653. The second-order valence-corrected chi connectivity index (χ2v) is 9.20. The summed E-state index contributed by atoms with van der Waals surface area (Å²) in [6.45, 7) is 8.82. The maximum absolute atomic E-state index is 6.38. The number of nitrogens with zero attached hydrogens (tertiary/aromatic N) is 1. The van der Waals surface area contributed by atoms with Crippen LogP contribution in [0.2, 0.25) is 0 Å². The Morgan fingerprint density at radius 3 is 2.56 bits per heavy atom. The highest BCUT2D eigenvalue weighted by Gasteiger charge is 2.62. The van der Waals surface area contributed by atoms with Crippen LogP contribution in [-0.4, -0.2) is 53.1 Å². The van der Waals surface area contributed by atoms with E-state index in [9.17, 15) is 0 Å². The quantitative estimate of drug-likeness (QED) is 0.806. The number of piperidine rings is 1. The molecular formula is C21H29NO5. The van der Waals surface area contributed by atoms with Gasteiger partial charge in [-0.2, -0.15) is 5.06 Å². The van der Waals surface area contributed by atoms with E-state index in [1.165, 1.54) is 0 Å². The fraction of sp³-hybridized carbons (Fsp3) is 0.714. The molecule has 0 aliphatic carbocycles. The largest absolute Gasteiger partial charge is 0.368 e. The van der Waals surface area contributed by atoms with Gasteiger partial charge in [0.15, 0.2) is 12.1 Å². The van der Waals surface area contributed by atoms with Gasteiger partial charge in [0.05, 0.1) is 18.8 Å². The molecule has 6 nitrogen and oxygen atoms in total. The highest BCUT2D eigenvalue weighted by atomic mass is 16.8. The Kier molecular flexibility index (Phi) is 4.17. The Bertz CT molecular complexity index is 693. The van der Waals surface area contributed by atoms with Crippen LogP contribution in [0.25, 0.3) is 0 Å². The van der Waals surface area contributed by atoms with Crippen molar-refractivity contribution in [2.24, 2.45) is 0 Å². The predicted octanol–water partition coefficient (Wildman–Crippen LogP) is 3.01. The zero-order chi connectivity index (χ0) is 18.8. The Morgan fingerprint density at radius 2 is 1.85 bits per heavy atom. The Morgan fingerprint density at radius 1 is 1.07 bits per heavy atom. The van der Waals surface area contributed by atoms with E-state index < -0.39 is 12.1 Å².